The number of alkyl halides is 3. The van der Waals surface area contributed by atoms with Crippen LogP contribution in [-0.2, 0) is 34.3 Å². The topological polar surface area (TPSA) is 63.7 Å². The fourth-order valence-electron chi connectivity index (χ4n) is 3.84. The van der Waals surface area contributed by atoms with Crippen LogP contribution in [0.5, 0.6) is 5.75 Å². The van der Waals surface area contributed by atoms with Crippen molar-refractivity contribution in [1.29, 1.82) is 0 Å². The average Bonchev–Trinajstić information content (AvgIpc) is 2.70. The molecule has 174 valence electrons. The summed E-state index contributed by atoms with van der Waals surface area (Å²) in [7, 11) is -5.75. The zero-order chi connectivity index (χ0) is 23.7. The van der Waals surface area contributed by atoms with Gasteiger partial charge in [0.15, 0.2) is 0 Å². The van der Waals surface area contributed by atoms with Crippen molar-refractivity contribution in [3.8, 4) is 5.75 Å². The highest BCUT2D eigenvalue weighted by Crippen LogP contribution is 2.36. The molecule has 1 amide bonds. The predicted octanol–water partition coefficient (Wildman–Crippen LogP) is 4.85. The van der Waals surface area contributed by atoms with Crippen LogP contribution in [-0.4, -0.2) is 30.8 Å². The van der Waals surface area contributed by atoms with E-state index in [-0.39, 0.29) is 17.7 Å². The quantitative estimate of drug-likeness (QED) is 0.464. The van der Waals surface area contributed by atoms with Crippen molar-refractivity contribution in [2.24, 2.45) is 5.41 Å². The van der Waals surface area contributed by atoms with Gasteiger partial charge in [0, 0.05) is 18.0 Å². The molecular formula is C23H26F3NO4S. The lowest BCUT2D eigenvalue weighted by Gasteiger charge is -2.39. The Kier molecular flexibility index (Phi) is 6.60. The number of fused-ring (bicyclic) bond motifs is 1. The summed E-state index contributed by atoms with van der Waals surface area (Å²) in [6, 6.07) is 13.8. The Morgan fingerprint density at radius 1 is 1.06 bits per heavy atom. The monoisotopic (exact) mass is 469 g/mol. The third-order valence-corrected chi connectivity index (χ3v) is 6.40. The molecule has 0 radical (unpaired) electrons. The van der Waals surface area contributed by atoms with Gasteiger partial charge in [-0.3, -0.25) is 4.79 Å². The summed E-state index contributed by atoms with van der Waals surface area (Å²) in [4.78, 5) is 15.1. The highest BCUT2D eigenvalue weighted by atomic mass is 32.2. The van der Waals surface area contributed by atoms with Crippen LogP contribution in [0.1, 0.15) is 43.9 Å². The molecule has 0 heterocycles. The summed E-state index contributed by atoms with van der Waals surface area (Å²) in [6.07, 6.45) is 1.17. The normalized spacial score (nSPS) is 16.9. The van der Waals surface area contributed by atoms with Gasteiger partial charge in [-0.05, 0) is 42.0 Å². The Balaban J connectivity index is 1.89. The Morgan fingerprint density at radius 2 is 1.72 bits per heavy atom. The first kappa shape index (κ1) is 24.1. The second-order valence-electron chi connectivity index (χ2n) is 8.94. The molecule has 1 unspecified atom stereocenters. The van der Waals surface area contributed by atoms with Gasteiger partial charge in [-0.15, -0.1) is 0 Å². The summed E-state index contributed by atoms with van der Waals surface area (Å²) >= 11 is 0. The van der Waals surface area contributed by atoms with Crippen LogP contribution < -0.4 is 4.18 Å². The van der Waals surface area contributed by atoms with Gasteiger partial charge in [-0.25, -0.2) is 0 Å². The van der Waals surface area contributed by atoms with Gasteiger partial charge in [0.25, 0.3) is 0 Å². The number of halogens is 3. The highest BCUT2D eigenvalue weighted by Gasteiger charge is 2.49. The second-order valence-corrected chi connectivity index (χ2v) is 10.5. The van der Waals surface area contributed by atoms with Crippen molar-refractivity contribution >= 4 is 16.0 Å². The highest BCUT2D eigenvalue weighted by molar-refractivity contribution is 7.88. The van der Waals surface area contributed by atoms with E-state index < -0.39 is 21.0 Å². The van der Waals surface area contributed by atoms with Crippen LogP contribution in [0.3, 0.4) is 0 Å². The third-order valence-electron chi connectivity index (χ3n) is 5.44. The second kappa shape index (κ2) is 8.77. The molecule has 2 aromatic carbocycles. The van der Waals surface area contributed by atoms with Gasteiger partial charge < -0.3 is 9.08 Å². The molecule has 0 bridgehead atoms. The summed E-state index contributed by atoms with van der Waals surface area (Å²) in [6.45, 7) is 5.95. The molecule has 3 rings (SSSR count). The number of amides is 1. The Hall–Kier alpha value is -2.55. The fourth-order valence-corrected chi connectivity index (χ4v) is 4.33. The van der Waals surface area contributed by atoms with Gasteiger partial charge in [0.05, 0.1) is 0 Å². The minimum Gasteiger partial charge on any atom is -0.376 e. The smallest absolute Gasteiger partial charge is 0.376 e. The molecule has 0 saturated heterocycles. The molecule has 0 saturated carbocycles. The first-order valence-electron chi connectivity index (χ1n) is 10.3. The van der Waals surface area contributed by atoms with Crippen molar-refractivity contribution in [2.45, 2.75) is 58.1 Å². The fraction of sp³-hybridized carbons (Fsp3) is 0.435. The molecule has 1 atom stereocenters. The molecular weight excluding hydrogens is 443 g/mol. The predicted molar refractivity (Wildman–Crippen MR) is 114 cm³/mol. The molecule has 1 aliphatic carbocycles. The van der Waals surface area contributed by atoms with Gasteiger partial charge >= 0.3 is 15.6 Å². The number of nitrogens with zero attached hydrogens (tertiary/aromatic N) is 1. The molecule has 5 nitrogen and oxygen atoms in total. The maximum absolute atomic E-state index is 13.2. The van der Waals surface area contributed by atoms with Crippen LogP contribution in [0.4, 0.5) is 13.2 Å². The maximum Gasteiger partial charge on any atom is 0.534 e. The van der Waals surface area contributed by atoms with Crippen LogP contribution in [0.15, 0.2) is 48.5 Å². The van der Waals surface area contributed by atoms with Crippen LogP contribution in [0.25, 0.3) is 0 Å². The summed E-state index contributed by atoms with van der Waals surface area (Å²) in [5.74, 6) is -0.336. The zero-order valence-corrected chi connectivity index (χ0v) is 19.0. The minimum absolute atomic E-state index is 0.0261. The van der Waals surface area contributed by atoms with E-state index in [1.165, 1.54) is 12.1 Å². The lowest BCUT2D eigenvalue weighted by molar-refractivity contribution is -0.143. The van der Waals surface area contributed by atoms with Crippen molar-refractivity contribution in [3.63, 3.8) is 0 Å². The van der Waals surface area contributed by atoms with Crippen LogP contribution in [0, 0.1) is 5.41 Å². The minimum atomic E-state index is -5.75. The zero-order valence-electron chi connectivity index (χ0n) is 18.1. The SMILES string of the molecule is CC(C)(C)C(=O)N(Cc1ccccc1)C1CCc2c(cccc2OS(=O)(=O)C(F)(F)F)C1. The standard InChI is InChI=1S/C23H26F3NO4S/c1-22(2,3)21(28)27(15-16-8-5-4-6-9-16)18-12-13-19-17(14-18)10-7-11-20(19)31-32(29,30)23(24,25)26/h4-11,18H,12-15H2,1-3H3. The Labute approximate surface area is 186 Å². The molecule has 0 fully saturated rings. The van der Waals surface area contributed by atoms with Crippen molar-refractivity contribution < 1.29 is 30.6 Å². The molecule has 0 aromatic heterocycles. The number of benzene rings is 2. The first-order chi connectivity index (χ1) is 14.8. The number of hydrogen-bond donors (Lipinski definition) is 0. The van der Waals surface area contributed by atoms with Crippen molar-refractivity contribution in [3.05, 3.63) is 65.2 Å². The largest absolute Gasteiger partial charge is 0.534 e. The molecule has 2 aromatic rings. The third kappa shape index (κ3) is 5.26. The first-order valence-corrected chi connectivity index (χ1v) is 11.7. The lowest BCUT2D eigenvalue weighted by atomic mass is 9.85. The van der Waals surface area contributed by atoms with E-state index >= 15 is 0 Å². The van der Waals surface area contributed by atoms with Crippen LogP contribution in [0.2, 0.25) is 0 Å². The van der Waals surface area contributed by atoms with E-state index in [9.17, 15) is 26.4 Å². The number of hydrogen-bond acceptors (Lipinski definition) is 4. The van der Waals surface area contributed by atoms with Gasteiger partial charge in [0.1, 0.15) is 5.75 Å². The van der Waals surface area contributed by atoms with E-state index in [1.54, 1.807) is 6.07 Å². The van der Waals surface area contributed by atoms with E-state index in [4.69, 9.17) is 0 Å². The number of carbonyl (C=O) groups excluding carboxylic acids is 1. The summed E-state index contributed by atoms with van der Waals surface area (Å²) in [5.41, 5.74) is -4.03. The van der Waals surface area contributed by atoms with Gasteiger partial charge in [0.2, 0.25) is 5.91 Å². The van der Waals surface area contributed by atoms with Gasteiger partial charge in [-0.1, -0.05) is 63.2 Å². The Morgan fingerprint density at radius 3 is 2.31 bits per heavy atom. The van der Waals surface area contributed by atoms with E-state index in [0.29, 0.717) is 36.9 Å². The summed E-state index contributed by atoms with van der Waals surface area (Å²) in [5, 5.41) is 0. The molecule has 0 N–H and O–H groups in total. The Bertz CT molecular complexity index is 1080. The van der Waals surface area contributed by atoms with Crippen molar-refractivity contribution in [2.75, 3.05) is 0 Å². The molecule has 9 heteroatoms. The molecule has 1 aliphatic rings. The molecule has 32 heavy (non-hydrogen) atoms. The number of rotatable bonds is 5. The lowest BCUT2D eigenvalue weighted by Crippen LogP contribution is -2.47. The molecule has 0 spiro atoms. The maximum atomic E-state index is 13.2. The summed E-state index contributed by atoms with van der Waals surface area (Å²) < 4.78 is 65.7. The van der Waals surface area contributed by atoms with Crippen LogP contribution >= 0.6 is 0 Å². The van der Waals surface area contributed by atoms with Gasteiger partial charge in [-0.2, -0.15) is 21.6 Å². The van der Waals surface area contributed by atoms with E-state index in [1.807, 2.05) is 56.0 Å². The van der Waals surface area contributed by atoms with E-state index in [2.05, 4.69) is 4.18 Å². The molecule has 0 aliphatic heterocycles. The average molecular weight is 470 g/mol. The van der Waals surface area contributed by atoms with E-state index in [0.717, 1.165) is 5.56 Å². The number of carbonyl (C=O) groups is 1. The van der Waals surface area contributed by atoms with Crippen molar-refractivity contribution in [1.82, 2.24) is 4.90 Å².